The van der Waals surface area contributed by atoms with E-state index in [0.29, 0.717) is 25.7 Å². The lowest BCUT2D eigenvalue weighted by molar-refractivity contribution is 0.150. The third-order valence-corrected chi connectivity index (χ3v) is 3.75. The van der Waals surface area contributed by atoms with Crippen molar-refractivity contribution in [3.8, 4) is 0 Å². The fraction of sp³-hybridized carbons (Fsp3) is 0.667. The lowest BCUT2D eigenvalue weighted by Gasteiger charge is -2.32. The molecule has 1 aliphatic heterocycles. The Labute approximate surface area is 126 Å². The molecular formula is C15H26N4O2. The number of guanidine groups is 1. The van der Waals surface area contributed by atoms with Gasteiger partial charge in [0.05, 0.1) is 25.5 Å². The summed E-state index contributed by atoms with van der Waals surface area (Å²) in [4.78, 5) is 6.89. The van der Waals surface area contributed by atoms with Gasteiger partial charge in [0.15, 0.2) is 5.96 Å². The van der Waals surface area contributed by atoms with Crippen LogP contribution in [0.2, 0.25) is 0 Å². The number of ether oxygens (including phenoxy) is 1. The lowest BCUT2D eigenvalue weighted by atomic mass is 10.1. The average molecular weight is 294 g/mol. The second-order valence-corrected chi connectivity index (χ2v) is 5.27. The first-order valence-corrected chi connectivity index (χ1v) is 7.61. The van der Waals surface area contributed by atoms with Gasteiger partial charge in [0.1, 0.15) is 5.76 Å². The van der Waals surface area contributed by atoms with Crippen LogP contribution in [0, 0.1) is 0 Å². The highest BCUT2D eigenvalue weighted by Crippen LogP contribution is 2.25. The normalized spacial score (nSPS) is 18.6. The van der Waals surface area contributed by atoms with Gasteiger partial charge in [-0.1, -0.05) is 6.42 Å². The molecule has 1 saturated heterocycles. The second kappa shape index (κ2) is 8.69. The number of methoxy groups -OCH3 is 1. The largest absolute Gasteiger partial charge is 0.468 e. The number of hydrogen-bond acceptors (Lipinski definition) is 4. The maximum Gasteiger partial charge on any atom is 0.188 e. The predicted molar refractivity (Wildman–Crippen MR) is 83.2 cm³/mol. The summed E-state index contributed by atoms with van der Waals surface area (Å²) in [5.41, 5.74) is 5.88. The number of aliphatic imine (C=N–C) groups is 1. The SMILES string of the molecule is COCCNC(N)=NCC(c1ccco1)N1CCCCC1. The van der Waals surface area contributed by atoms with Crippen molar-refractivity contribution in [2.75, 3.05) is 39.9 Å². The van der Waals surface area contributed by atoms with E-state index in [9.17, 15) is 0 Å². The average Bonchev–Trinajstić information content (AvgIpc) is 3.03. The van der Waals surface area contributed by atoms with E-state index < -0.39 is 0 Å². The van der Waals surface area contributed by atoms with E-state index in [4.69, 9.17) is 14.9 Å². The van der Waals surface area contributed by atoms with E-state index in [0.717, 1.165) is 18.8 Å². The Morgan fingerprint density at radius 2 is 2.29 bits per heavy atom. The number of nitrogens with zero attached hydrogens (tertiary/aromatic N) is 2. The van der Waals surface area contributed by atoms with Crippen molar-refractivity contribution in [1.82, 2.24) is 10.2 Å². The van der Waals surface area contributed by atoms with Crippen LogP contribution >= 0.6 is 0 Å². The van der Waals surface area contributed by atoms with Crippen LogP contribution < -0.4 is 11.1 Å². The van der Waals surface area contributed by atoms with E-state index in [1.807, 2.05) is 12.1 Å². The Morgan fingerprint density at radius 3 is 2.95 bits per heavy atom. The molecule has 2 rings (SSSR count). The maximum absolute atomic E-state index is 5.88. The molecule has 1 aromatic rings. The lowest BCUT2D eigenvalue weighted by Crippen LogP contribution is -2.37. The third kappa shape index (κ3) is 5.06. The Bertz CT molecular complexity index is 413. The molecule has 0 bridgehead atoms. The zero-order chi connectivity index (χ0) is 14.9. The molecule has 3 N–H and O–H groups in total. The molecule has 118 valence electrons. The predicted octanol–water partition coefficient (Wildman–Crippen LogP) is 1.36. The smallest absolute Gasteiger partial charge is 0.188 e. The van der Waals surface area contributed by atoms with Gasteiger partial charge in [0, 0.05) is 13.7 Å². The molecule has 1 atom stereocenters. The monoisotopic (exact) mass is 294 g/mol. The molecule has 21 heavy (non-hydrogen) atoms. The Kier molecular flexibility index (Phi) is 6.56. The minimum Gasteiger partial charge on any atom is -0.468 e. The van der Waals surface area contributed by atoms with Crippen LogP contribution in [-0.2, 0) is 4.74 Å². The minimum atomic E-state index is 0.170. The van der Waals surface area contributed by atoms with E-state index in [2.05, 4.69) is 15.2 Å². The first kappa shape index (κ1) is 15.9. The van der Waals surface area contributed by atoms with Gasteiger partial charge in [0.2, 0.25) is 0 Å². The molecule has 0 spiro atoms. The molecule has 1 aromatic heterocycles. The van der Waals surface area contributed by atoms with Gasteiger partial charge in [-0.15, -0.1) is 0 Å². The summed E-state index contributed by atoms with van der Waals surface area (Å²) in [5, 5.41) is 3.04. The van der Waals surface area contributed by atoms with E-state index in [1.54, 1.807) is 13.4 Å². The van der Waals surface area contributed by atoms with Gasteiger partial charge in [-0.05, 0) is 38.1 Å². The molecule has 6 nitrogen and oxygen atoms in total. The van der Waals surface area contributed by atoms with Crippen molar-refractivity contribution in [1.29, 1.82) is 0 Å². The summed E-state index contributed by atoms with van der Waals surface area (Å²) in [7, 11) is 1.66. The Morgan fingerprint density at radius 1 is 1.48 bits per heavy atom. The van der Waals surface area contributed by atoms with E-state index in [1.165, 1.54) is 19.3 Å². The first-order valence-electron chi connectivity index (χ1n) is 7.61. The summed E-state index contributed by atoms with van der Waals surface area (Å²) in [6, 6.07) is 4.11. The fourth-order valence-electron chi connectivity index (χ4n) is 2.62. The van der Waals surface area contributed by atoms with Gasteiger partial charge in [0.25, 0.3) is 0 Å². The van der Waals surface area contributed by atoms with E-state index in [-0.39, 0.29) is 6.04 Å². The standard InChI is InChI=1S/C15H26N4O2/c1-20-11-7-17-15(16)18-12-13(14-6-5-10-21-14)19-8-3-2-4-9-19/h5-6,10,13H,2-4,7-9,11-12H2,1H3,(H3,16,17,18). The molecule has 0 saturated carbocycles. The number of piperidine rings is 1. The number of hydrogen-bond donors (Lipinski definition) is 2. The Balaban J connectivity index is 1.94. The molecule has 2 heterocycles. The topological polar surface area (TPSA) is 76.0 Å². The summed E-state index contributed by atoms with van der Waals surface area (Å²) in [6.45, 7) is 4.08. The fourth-order valence-corrected chi connectivity index (χ4v) is 2.62. The summed E-state index contributed by atoms with van der Waals surface area (Å²) >= 11 is 0. The van der Waals surface area contributed by atoms with Gasteiger partial charge < -0.3 is 20.2 Å². The van der Waals surface area contributed by atoms with Crippen LogP contribution in [0.3, 0.4) is 0 Å². The molecule has 1 aliphatic rings. The molecule has 6 heteroatoms. The number of nitrogens with two attached hydrogens (primary N) is 1. The number of furan rings is 1. The second-order valence-electron chi connectivity index (χ2n) is 5.27. The van der Waals surface area contributed by atoms with Gasteiger partial charge >= 0.3 is 0 Å². The third-order valence-electron chi connectivity index (χ3n) is 3.75. The minimum absolute atomic E-state index is 0.170. The zero-order valence-electron chi connectivity index (χ0n) is 12.8. The van der Waals surface area contributed by atoms with Crippen LogP contribution in [0.5, 0.6) is 0 Å². The molecule has 0 aromatic carbocycles. The van der Waals surface area contributed by atoms with Crippen LogP contribution in [0.4, 0.5) is 0 Å². The van der Waals surface area contributed by atoms with Crippen molar-refractivity contribution in [3.63, 3.8) is 0 Å². The number of likely N-dealkylation sites (tertiary alicyclic amines) is 1. The van der Waals surface area contributed by atoms with Gasteiger partial charge in [-0.3, -0.25) is 9.89 Å². The van der Waals surface area contributed by atoms with Crippen molar-refractivity contribution in [2.24, 2.45) is 10.7 Å². The molecular weight excluding hydrogens is 268 g/mol. The molecule has 1 unspecified atom stereocenters. The molecule has 1 fully saturated rings. The molecule has 0 radical (unpaired) electrons. The van der Waals surface area contributed by atoms with Gasteiger partial charge in [-0.25, -0.2) is 0 Å². The molecule has 0 amide bonds. The highest BCUT2D eigenvalue weighted by atomic mass is 16.5. The summed E-state index contributed by atoms with van der Waals surface area (Å²) < 4.78 is 10.6. The van der Waals surface area contributed by atoms with Gasteiger partial charge in [-0.2, -0.15) is 0 Å². The van der Waals surface area contributed by atoms with E-state index >= 15 is 0 Å². The number of nitrogens with one attached hydrogen (secondary N) is 1. The van der Waals surface area contributed by atoms with Crippen molar-refractivity contribution < 1.29 is 9.15 Å². The summed E-state index contributed by atoms with van der Waals surface area (Å²) in [5.74, 6) is 1.42. The van der Waals surface area contributed by atoms with Crippen molar-refractivity contribution in [2.45, 2.75) is 25.3 Å². The summed E-state index contributed by atoms with van der Waals surface area (Å²) in [6.07, 6.45) is 5.51. The highest BCUT2D eigenvalue weighted by Gasteiger charge is 2.24. The van der Waals surface area contributed by atoms with Crippen LogP contribution in [0.1, 0.15) is 31.1 Å². The molecule has 0 aliphatic carbocycles. The quantitative estimate of drug-likeness (QED) is 0.451. The zero-order valence-corrected chi connectivity index (χ0v) is 12.8. The Hall–Kier alpha value is -1.53. The van der Waals surface area contributed by atoms with Crippen molar-refractivity contribution >= 4 is 5.96 Å². The number of rotatable bonds is 7. The van der Waals surface area contributed by atoms with Crippen molar-refractivity contribution in [3.05, 3.63) is 24.2 Å². The van der Waals surface area contributed by atoms with Crippen LogP contribution in [-0.4, -0.2) is 50.8 Å². The maximum atomic E-state index is 5.88. The first-order chi connectivity index (χ1) is 10.3. The highest BCUT2D eigenvalue weighted by molar-refractivity contribution is 5.77. The van der Waals surface area contributed by atoms with Crippen LogP contribution in [0.25, 0.3) is 0 Å². The van der Waals surface area contributed by atoms with Crippen LogP contribution in [0.15, 0.2) is 27.8 Å².